The zero-order valence-corrected chi connectivity index (χ0v) is 7.59. The van der Waals surface area contributed by atoms with Gasteiger partial charge in [0.2, 0.25) is 0 Å². The Balaban J connectivity index is 2.89. The van der Waals surface area contributed by atoms with Crippen molar-refractivity contribution in [2.75, 3.05) is 13.2 Å². The molecule has 0 aromatic carbocycles. The molecule has 0 saturated carbocycles. The van der Waals surface area contributed by atoms with Gasteiger partial charge in [-0.3, -0.25) is 4.98 Å². The van der Waals surface area contributed by atoms with Crippen LogP contribution in [0.2, 0.25) is 0 Å². The van der Waals surface area contributed by atoms with Crippen molar-refractivity contribution in [3.05, 3.63) is 23.8 Å². The zero-order chi connectivity index (χ0) is 9.68. The predicted octanol–water partition coefficient (Wildman–Crippen LogP) is 1.12. The molecule has 0 aliphatic carbocycles. The molecule has 1 aromatic rings. The minimum Gasteiger partial charge on any atom is -0.491 e. The van der Waals surface area contributed by atoms with Gasteiger partial charge in [0.25, 0.3) is 0 Å². The number of nitrogens with two attached hydrogens (primary N) is 1. The summed E-state index contributed by atoms with van der Waals surface area (Å²) in [7, 11) is 0. The van der Waals surface area contributed by atoms with E-state index in [1.807, 2.05) is 6.92 Å². The van der Waals surface area contributed by atoms with Gasteiger partial charge in [0.05, 0.1) is 12.3 Å². The standard InChI is InChI=1S/C9H13FN2O/c1-2-13-8-4-6-12-7(3-5-11)9(8)10/h4,6H,2-3,5,11H2,1H3. The number of rotatable bonds is 4. The van der Waals surface area contributed by atoms with Crippen molar-refractivity contribution in [2.24, 2.45) is 5.73 Å². The lowest BCUT2D eigenvalue weighted by Gasteiger charge is -2.06. The molecular formula is C9H13FN2O. The Bertz CT molecular complexity index is 254. The fraction of sp³-hybridized carbons (Fsp3) is 0.444. The molecule has 1 aromatic heterocycles. The smallest absolute Gasteiger partial charge is 0.186 e. The summed E-state index contributed by atoms with van der Waals surface area (Å²) in [6.45, 7) is 2.64. The Morgan fingerprint density at radius 1 is 1.62 bits per heavy atom. The van der Waals surface area contributed by atoms with Crippen LogP contribution < -0.4 is 10.5 Å². The Labute approximate surface area is 76.7 Å². The van der Waals surface area contributed by atoms with E-state index in [-0.39, 0.29) is 5.75 Å². The third-order valence-corrected chi connectivity index (χ3v) is 1.61. The number of hydrogen-bond donors (Lipinski definition) is 1. The first-order chi connectivity index (χ1) is 6.29. The first-order valence-corrected chi connectivity index (χ1v) is 4.25. The Hall–Kier alpha value is -1.16. The third-order valence-electron chi connectivity index (χ3n) is 1.61. The van der Waals surface area contributed by atoms with E-state index < -0.39 is 5.82 Å². The summed E-state index contributed by atoms with van der Waals surface area (Å²) in [5.41, 5.74) is 5.67. The van der Waals surface area contributed by atoms with E-state index in [1.165, 1.54) is 12.3 Å². The molecule has 3 nitrogen and oxygen atoms in total. The van der Waals surface area contributed by atoms with Crippen LogP contribution >= 0.6 is 0 Å². The second-order valence-corrected chi connectivity index (χ2v) is 2.54. The van der Waals surface area contributed by atoms with Crippen molar-refractivity contribution < 1.29 is 9.13 Å². The van der Waals surface area contributed by atoms with Crippen LogP contribution in [0.4, 0.5) is 4.39 Å². The Morgan fingerprint density at radius 2 is 2.38 bits per heavy atom. The molecule has 0 aliphatic rings. The highest BCUT2D eigenvalue weighted by molar-refractivity contribution is 5.25. The maximum absolute atomic E-state index is 13.4. The van der Waals surface area contributed by atoms with Gasteiger partial charge in [-0.05, 0) is 13.5 Å². The molecule has 4 heteroatoms. The second-order valence-electron chi connectivity index (χ2n) is 2.54. The van der Waals surface area contributed by atoms with E-state index in [2.05, 4.69) is 4.98 Å². The minimum absolute atomic E-state index is 0.251. The van der Waals surface area contributed by atoms with E-state index in [0.717, 1.165) is 0 Å². The number of aromatic nitrogens is 1. The summed E-state index contributed by atoms with van der Waals surface area (Å²) >= 11 is 0. The normalized spacial score (nSPS) is 10.1. The number of halogens is 1. The summed E-state index contributed by atoms with van der Waals surface area (Å²) in [4.78, 5) is 3.88. The fourth-order valence-corrected chi connectivity index (χ4v) is 1.04. The molecule has 0 aliphatic heterocycles. The van der Waals surface area contributed by atoms with E-state index in [9.17, 15) is 4.39 Å². The number of nitrogens with zero attached hydrogens (tertiary/aromatic N) is 1. The van der Waals surface area contributed by atoms with E-state index in [1.54, 1.807) is 0 Å². The van der Waals surface area contributed by atoms with Crippen molar-refractivity contribution in [1.82, 2.24) is 4.98 Å². The second kappa shape index (κ2) is 4.77. The lowest BCUT2D eigenvalue weighted by Crippen LogP contribution is -2.07. The number of pyridine rings is 1. The maximum atomic E-state index is 13.4. The first kappa shape index (κ1) is 9.92. The summed E-state index contributed by atoms with van der Waals surface area (Å²) in [5, 5.41) is 0. The van der Waals surface area contributed by atoms with Crippen LogP contribution in [0.1, 0.15) is 12.6 Å². The monoisotopic (exact) mass is 184 g/mol. The molecule has 0 bridgehead atoms. The van der Waals surface area contributed by atoms with Crippen molar-refractivity contribution in [3.63, 3.8) is 0 Å². The average molecular weight is 184 g/mol. The van der Waals surface area contributed by atoms with Crippen LogP contribution in [0.3, 0.4) is 0 Å². The zero-order valence-electron chi connectivity index (χ0n) is 7.59. The van der Waals surface area contributed by atoms with Gasteiger partial charge in [-0.25, -0.2) is 4.39 Å². The molecule has 1 rings (SSSR count). The lowest BCUT2D eigenvalue weighted by atomic mass is 10.2. The highest BCUT2D eigenvalue weighted by Gasteiger charge is 2.08. The van der Waals surface area contributed by atoms with Gasteiger partial charge in [0, 0.05) is 18.7 Å². The minimum atomic E-state index is -0.394. The fourth-order valence-electron chi connectivity index (χ4n) is 1.04. The van der Waals surface area contributed by atoms with Crippen LogP contribution in [-0.2, 0) is 6.42 Å². The van der Waals surface area contributed by atoms with E-state index >= 15 is 0 Å². The van der Waals surface area contributed by atoms with Crippen molar-refractivity contribution in [3.8, 4) is 5.75 Å². The molecule has 0 saturated heterocycles. The predicted molar refractivity (Wildman–Crippen MR) is 48.1 cm³/mol. The van der Waals surface area contributed by atoms with Crippen LogP contribution in [0.15, 0.2) is 12.3 Å². The van der Waals surface area contributed by atoms with Gasteiger partial charge in [0.1, 0.15) is 0 Å². The highest BCUT2D eigenvalue weighted by atomic mass is 19.1. The molecule has 0 fully saturated rings. The molecule has 0 unspecified atom stereocenters. The topological polar surface area (TPSA) is 48.1 Å². The molecule has 1 heterocycles. The number of hydrogen-bond acceptors (Lipinski definition) is 3. The Kier molecular flexibility index (Phi) is 3.64. The summed E-state index contributed by atoms with van der Waals surface area (Å²) in [6.07, 6.45) is 1.96. The molecule has 72 valence electrons. The largest absolute Gasteiger partial charge is 0.491 e. The summed E-state index contributed by atoms with van der Waals surface area (Å²) in [6, 6.07) is 1.51. The van der Waals surface area contributed by atoms with Gasteiger partial charge in [-0.2, -0.15) is 0 Å². The highest BCUT2D eigenvalue weighted by Crippen LogP contribution is 2.18. The van der Waals surface area contributed by atoms with Crippen LogP contribution in [0.5, 0.6) is 5.75 Å². The molecule has 0 atom stereocenters. The van der Waals surface area contributed by atoms with Gasteiger partial charge in [0.15, 0.2) is 11.6 Å². The van der Waals surface area contributed by atoms with Crippen molar-refractivity contribution >= 4 is 0 Å². The van der Waals surface area contributed by atoms with Gasteiger partial charge < -0.3 is 10.5 Å². The summed E-state index contributed by atoms with van der Waals surface area (Å²) in [5.74, 6) is -0.143. The quantitative estimate of drug-likeness (QED) is 0.762. The van der Waals surface area contributed by atoms with Crippen LogP contribution in [-0.4, -0.2) is 18.1 Å². The van der Waals surface area contributed by atoms with Crippen molar-refractivity contribution in [1.29, 1.82) is 0 Å². The molecular weight excluding hydrogens is 171 g/mol. The Morgan fingerprint density at radius 3 is 3.00 bits per heavy atom. The van der Waals surface area contributed by atoms with Crippen molar-refractivity contribution in [2.45, 2.75) is 13.3 Å². The SMILES string of the molecule is CCOc1ccnc(CCN)c1F. The maximum Gasteiger partial charge on any atom is 0.186 e. The number of ether oxygens (including phenoxy) is 1. The molecule has 0 radical (unpaired) electrons. The van der Waals surface area contributed by atoms with E-state index in [0.29, 0.717) is 25.3 Å². The van der Waals surface area contributed by atoms with Crippen LogP contribution in [0.25, 0.3) is 0 Å². The van der Waals surface area contributed by atoms with Gasteiger partial charge in [-0.15, -0.1) is 0 Å². The first-order valence-electron chi connectivity index (χ1n) is 4.25. The van der Waals surface area contributed by atoms with E-state index in [4.69, 9.17) is 10.5 Å². The summed E-state index contributed by atoms with van der Waals surface area (Å²) < 4.78 is 18.5. The van der Waals surface area contributed by atoms with Gasteiger partial charge in [-0.1, -0.05) is 0 Å². The third kappa shape index (κ3) is 2.39. The molecule has 2 N–H and O–H groups in total. The van der Waals surface area contributed by atoms with Crippen LogP contribution in [0, 0.1) is 5.82 Å². The average Bonchev–Trinajstić information content (AvgIpc) is 2.13. The molecule has 13 heavy (non-hydrogen) atoms. The molecule has 0 amide bonds. The lowest BCUT2D eigenvalue weighted by molar-refractivity contribution is 0.319. The van der Waals surface area contributed by atoms with Gasteiger partial charge >= 0.3 is 0 Å². The molecule has 0 spiro atoms.